The van der Waals surface area contributed by atoms with Gasteiger partial charge in [-0.1, -0.05) is 13.0 Å². The van der Waals surface area contributed by atoms with Crippen molar-refractivity contribution in [3.8, 4) is 0 Å². The van der Waals surface area contributed by atoms with Gasteiger partial charge in [0.1, 0.15) is 0 Å². The van der Waals surface area contributed by atoms with E-state index in [-0.39, 0.29) is 19.5 Å². The number of carboxylic acid groups (broad SMARTS) is 1. The van der Waals surface area contributed by atoms with Gasteiger partial charge in [0.2, 0.25) is 0 Å². The minimum atomic E-state index is -3.69. The maximum atomic E-state index is 12.9. The number of nitrogens with zero attached hydrogens (tertiary/aromatic N) is 3. The van der Waals surface area contributed by atoms with Gasteiger partial charge in [-0.25, -0.2) is 0 Å². The fourth-order valence-corrected chi connectivity index (χ4v) is 4.43. The number of aliphatic carboxylic acids is 1. The zero-order valence-electron chi connectivity index (χ0n) is 13.3. The highest BCUT2D eigenvalue weighted by Gasteiger charge is 2.33. The number of carbonyl (C=O) groups is 1. The Bertz CT molecular complexity index is 621. The van der Waals surface area contributed by atoms with E-state index < -0.39 is 16.2 Å². The van der Waals surface area contributed by atoms with Crippen LogP contribution in [-0.4, -0.2) is 52.7 Å². The normalized spacial score (nSPS) is 19.8. The van der Waals surface area contributed by atoms with Gasteiger partial charge in [-0.15, -0.1) is 0 Å². The molecule has 0 amide bonds. The zero-order chi connectivity index (χ0) is 16.9. The van der Waals surface area contributed by atoms with Crippen LogP contribution in [0.2, 0.25) is 0 Å². The summed E-state index contributed by atoms with van der Waals surface area (Å²) >= 11 is 0. The van der Waals surface area contributed by atoms with Gasteiger partial charge in [0, 0.05) is 25.8 Å². The predicted octanol–water partition coefficient (Wildman–Crippen LogP) is 1.33. The highest BCUT2D eigenvalue weighted by atomic mass is 32.2. The molecular formula is C15H23N3O4S. The van der Waals surface area contributed by atoms with Crippen LogP contribution >= 0.6 is 0 Å². The van der Waals surface area contributed by atoms with Crippen molar-refractivity contribution >= 4 is 16.2 Å². The van der Waals surface area contributed by atoms with Crippen LogP contribution in [-0.2, 0) is 21.5 Å². The van der Waals surface area contributed by atoms with E-state index >= 15 is 0 Å². The third-order valence-corrected chi connectivity index (χ3v) is 5.86. The number of hydrogen-bond donors (Lipinski definition) is 1. The molecule has 0 saturated carbocycles. The molecule has 1 saturated heterocycles. The maximum absolute atomic E-state index is 12.9. The van der Waals surface area contributed by atoms with E-state index in [0.717, 1.165) is 12.8 Å². The van der Waals surface area contributed by atoms with Crippen LogP contribution in [0.3, 0.4) is 0 Å². The van der Waals surface area contributed by atoms with Crippen LogP contribution < -0.4 is 0 Å². The highest BCUT2D eigenvalue weighted by Crippen LogP contribution is 2.21. The van der Waals surface area contributed by atoms with Crippen molar-refractivity contribution in [3.05, 3.63) is 30.1 Å². The lowest BCUT2D eigenvalue weighted by atomic mass is 10.0. The average molecular weight is 341 g/mol. The molecule has 2 heterocycles. The van der Waals surface area contributed by atoms with Crippen molar-refractivity contribution in [1.29, 1.82) is 0 Å². The van der Waals surface area contributed by atoms with Crippen molar-refractivity contribution in [1.82, 2.24) is 13.6 Å². The van der Waals surface area contributed by atoms with Crippen molar-refractivity contribution in [2.24, 2.45) is 5.92 Å². The van der Waals surface area contributed by atoms with Crippen molar-refractivity contribution in [2.75, 3.05) is 19.6 Å². The number of piperidine rings is 1. The van der Waals surface area contributed by atoms with Gasteiger partial charge in [0.15, 0.2) is 0 Å². The Morgan fingerprint density at radius 3 is 2.87 bits per heavy atom. The number of rotatable bonds is 7. The molecule has 1 N–H and O–H groups in total. The van der Waals surface area contributed by atoms with E-state index in [1.165, 1.54) is 8.61 Å². The van der Waals surface area contributed by atoms with Gasteiger partial charge in [0.05, 0.1) is 18.7 Å². The first-order valence-corrected chi connectivity index (χ1v) is 9.16. The molecule has 0 aromatic carbocycles. The summed E-state index contributed by atoms with van der Waals surface area (Å²) in [5.41, 5.74) is 0.603. The molecule has 1 aliphatic heterocycles. The fourth-order valence-electron chi connectivity index (χ4n) is 2.69. The van der Waals surface area contributed by atoms with Crippen LogP contribution in [0.4, 0.5) is 0 Å². The molecule has 0 radical (unpaired) electrons. The Balaban J connectivity index is 2.18. The molecular weight excluding hydrogens is 318 g/mol. The average Bonchev–Trinajstić information content (AvgIpc) is 2.52. The predicted molar refractivity (Wildman–Crippen MR) is 85.8 cm³/mol. The van der Waals surface area contributed by atoms with Crippen LogP contribution in [0.25, 0.3) is 0 Å². The summed E-state index contributed by atoms with van der Waals surface area (Å²) in [7, 11) is -3.69. The molecule has 8 heteroatoms. The Morgan fingerprint density at radius 1 is 1.48 bits per heavy atom. The molecule has 2 rings (SSSR count). The Hall–Kier alpha value is -1.51. The number of pyridine rings is 1. The molecule has 0 aliphatic carbocycles. The first-order valence-electron chi connectivity index (χ1n) is 7.76. The van der Waals surface area contributed by atoms with E-state index in [1.807, 2.05) is 6.92 Å². The van der Waals surface area contributed by atoms with Crippen molar-refractivity contribution < 1.29 is 18.3 Å². The molecule has 0 spiro atoms. The first kappa shape index (κ1) is 17.8. The van der Waals surface area contributed by atoms with E-state index in [0.29, 0.717) is 24.7 Å². The van der Waals surface area contributed by atoms with Gasteiger partial charge in [0.25, 0.3) is 10.2 Å². The summed E-state index contributed by atoms with van der Waals surface area (Å²) in [5.74, 6) is -0.701. The number of hydrogen-bond acceptors (Lipinski definition) is 4. The summed E-state index contributed by atoms with van der Waals surface area (Å²) in [4.78, 5) is 15.0. The summed E-state index contributed by atoms with van der Waals surface area (Å²) in [6.07, 6.45) is 3.22. The third kappa shape index (κ3) is 4.98. The minimum Gasteiger partial charge on any atom is -0.481 e. The summed E-state index contributed by atoms with van der Waals surface area (Å²) in [6, 6.07) is 5.28. The molecule has 1 fully saturated rings. The van der Waals surface area contributed by atoms with Gasteiger partial charge in [-0.05, 0) is 30.9 Å². The van der Waals surface area contributed by atoms with Crippen LogP contribution in [0, 0.1) is 5.92 Å². The quantitative estimate of drug-likeness (QED) is 0.808. The van der Waals surface area contributed by atoms with Crippen molar-refractivity contribution in [3.63, 3.8) is 0 Å². The minimum absolute atomic E-state index is 0.0564. The lowest BCUT2D eigenvalue weighted by Crippen LogP contribution is -2.48. The third-order valence-electron chi connectivity index (χ3n) is 3.91. The smallest absolute Gasteiger partial charge is 0.304 e. The molecule has 1 aromatic rings. The van der Waals surface area contributed by atoms with E-state index in [9.17, 15) is 13.2 Å². The lowest BCUT2D eigenvalue weighted by molar-refractivity contribution is -0.137. The van der Waals surface area contributed by atoms with Crippen molar-refractivity contribution in [2.45, 2.75) is 32.7 Å². The second-order valence-electron chi connectivity index (χ2n) is 5.91. The van der Waals surface area contributed by atoms with Crippen LogP contribution in [0.1, 0.15) is 31.9 Å². The van der Waals surface area contributed by atoms with Crippen LogP contribution in [0.5, 0.6) is 0 Å². The molecule has 1 aromatic heterocycles. The van der Waals surface area contributed by atoms with Crippen LogP contribution in [0.15, 0.2) is 24.4 Å². The lowest BCUT2D eigenvalue weighted by Gasteiger charge is -2.34. The molecule has 7 nitrogen and oxygen atoms in total. The highest BCUT2D eigenvalue weighted by molar-refractivity contribution is 7.86. The van der Waals surface area contributed by atoms with E-state index in [2.05, 4.69) is 4.98 Å². The Morgan fingerprint density at radius 2 is 2.26 bits per heavy atom. The van der Waals surface area contributed by atoms with Gasteiger partial charge < -0.3 is 5.11 Å². The van der Waals surface area contributed by atoms with Gasteiger partial charge in [-0.2, -0.15) is 17.0 Å². The molecule has 1 aliphatic rings. The zero-order valence-corrected chi connectivity index (χ0v) is 14.1. The molecule has 23 heavy (non-hydrogen) atoms. The van der Waals surface area contributed by atoms with Gasteiger partial charge in [-0.3, -0.25) is 9.78 Å². The molecule has 128 valence electrons. The fraction of sp³-hybridized carbons (Fsp3) is 0.600. The standard InChI is InChI=1S/C15H23N3O4S/c1-13-5-4-9-17(11-13)23(21,22)18(10-7-15(19)20)12-14-6-2-3-8-16-14/h2-3,6,8,13H,4-5,7,9-12H2,1H3,(H,19,20). The Labute approximate surface area is 137 Å². The number of aromatic nitrogens is 1. The summed E-state index contributed by atoms with van der Waals surface area (Å²) in [5, 5.41) is 8.90. The molecule has 1 atom stereocenters. The topological polar surface area (TPSA) is 90.8 Å². The summed E-state index contributed by atoms with van der Waals surface area (Å²) in [6.45, 7) is 3.02. The Kier molecular flexibility index (Phi) is 6.09. The van der Waals surface area contributed by atoms with Gasteiger partial charge >= 0.3 is 5.97 Å². The van der Waals surface area contributed by atoms with E-state index in [4.69, 9.17) is 5.11 Å². The second-order valence-corrected chi connectivity index (χ2v) is 7.84. The largest absolute Gasteiger partial charge is 0.481 e. The summed E-state index contributed by atoms with van der Waals surface area (Å²) < 4.78 is 28.4. The monoisotopic (exact) mass is 341 g/mol. The number of carboxylic acids is 1. The first-order chi connectivity index (χ1) is 10.9. The van der Waals surface area contributed by atoms with E-state index in [1.54, 1.807) is 24.4 Å². The SMILES string of the molecule is CC1CCCN(S(=O)(=O)N(CCC(=O)O)Cc2ccccn2)C1. The molecule has 1 unspecified atom stereocenters. The second kappa shape index (κ2) is 7.85. The maximum Gasteiger partial charge on any atom is 0.304 e. The molecule has 0 bridgehead atoms.